The minimum Gasteiger partial charge on any atom is -0.480 e. The van der Waals surface area contributed by atoms with Gasteiger partial charge in [-0.05, 0) is 24.5 Å². The molecular formula is C16H20F2N2O5. The van der Waals surface area contributed by atoms with Crippen molar-refractivity contribution in [2.45, 2.75) is 32.9 Å². The Labute approximate surface area is 143 Å². The lowest BCUT2D eigenvalue weighted by molar-refractivity contribution is -0.142. The van der Waals surface area contributed by atoms with Crippen molar-refractivity contribution in [1.82, 2.24) is 10.6 Å². The van der Waals surface area contributed by atoms with Gasteiger partial charge in [0.05, 0.1) is 12.1 Å². The first kappa shape index (κ1) is 20.3. The number of alkyl halides is 2. The molecule has 0 saturated carbocycles. The van der Waals surface area contributed by atoms with E-state index in [0.29, 0.717) is 0 Å². The molecule has 1 rings (SSSR count). The van der Waals surface area contributed by atoms with Gasteiger partial charge in [-0.15, -0.1) is 0 Å². The first-order valence-electron chi connectivity index (χ1n) is 7.55. The largest absolute Gasteiger partial charge is 0.480 e. The number of carbonyl (C=O) groups excluding carboxylic acids is 2. The number of para-hydroxylation sites is 1. The third kappa shape index (κ3) is 7.15. The molecule has 0 aromatic heterocycles. The standard InChI is InChI=1S/C16H20F2N2O5/c1-9(2)7-11(15(23)24)20-13(21)8-19-14(22)10-5-3-4-6-12(10)25-16(17)18/h3-6,9,11,16H,7-8H2,1-2H3,(H,19,22)(H,20,21)(H,23,24)/t11-/m0/s1. The molecule has 0 saturated heterocycles. The van der Waals surface area contributed by atoms with Crippen molar-refractivity contribution in [3.63, 3.8) is 0 Å². The highest BCUT2D eigenvalue weighted by molar-refractivity contribution is 5.99. The number of aliphatic carboxylic acids is 1. The van der Waals surface area contributed by atoms with Crippen molar-refractivity contribution in [2.75, 3.05) is 6.54 Å². The van der Waals surface area contributed by atoms with Crippen LogP contribution >= 0.6 is 0 Å². The van der Waals surface area contributed by atoms with Gasteiger partial charge in [0.25, 0.3) is 5.91 Å². The van der Waals surface area contributed by atoms with Crippen LogP contribution in [0, 0.1) is 5.92 Å². The van der Waals surface area contributed by atoms with Crippen LogP contribution in [0.25, 0.3) is 0 Å². The SMILES string of the molecule is CC(C)C[C@H](NC(=O)CNC(=O)c1ccccc1OC(F)F)C(=O)O. The van der Waals surface area contributed by atoms with E-state index in [4.69, 9.17) is 5.11 Å². The Morgan fingerprint density at radius 2 is 1.84 bits per heavy atom. The number of carbonyl (C=O) groups is 3. The second-order valence-corrected chi connectivity index (χ2v) is 5.65. The maximum atomic E-state index is 12.3. The van der Waals surface area contributed by atoms with E-state index in [0.717, 1.165) is 0 Å². The number of nitrogens with one attached hydrogen (secondary N) is 2. The van der Waals surface area contributed by atoms with Crippen LogP contribution in [0.4, 0.5) is 8.78 Å². The third-order valence-electron chi connectivity index (χ3n) is 3.10. The van der Waals surface area contributed by atoms with Crippen LogP contribution in [0.5, 0.6) is 5.75 Å². The molecule has 7 nitrogen and oxygen atoms in total. The molecule has 0 aliphatic rings. The normalized spacial score (nSPS) is 11.9. The second-order valence-electron chi connectivity index (χ2n) is 5.65. The summed E-state index contributed by atoms with van der Waals surface area (Å²) in [5.74, 6) is -2.94. The van der Waals surface area contributed by atoms with E-state index in [1.807, 2.05) is 13.8 Å². The Hall–Kier alpha value is -2.71. The Bertz CT molecular complexity index is 622. The molecule has 0 radical (unpaired) electrons. The van der Waals surface area contributed by atoms with E-state index >= 15 is 0 Å². The zero-order chi connectivity index (χ0) is 19.0. The monoisotopic (exact) mass is 358 g/mol. The maximum Gasteiger partial charge on any atom is 0.387 e. The number of halogens is 2. The summed E-state index contributed by atoms with van der Waals surface area (Å²) in [5.41, 5.74) is -0.160. The fourth-order valence-electron chi connectivity index (χ4n) is 2.05. The summed E-state index contributed by atoms with van der Waals surface area (Å²) in [4.78, 5) is 34.9. The number of hydrogen-bond acceptors (Lipinski definition) is 4. The lowest BCUT2D eigenvalue weighted by Gasteiger charge is -2.17. The molecule has 9 heteroatoms. The summed E-state index contributed by atoms with van der Waals surface area (Å²) in [6, 6.07) is 4.27. The van der Waals surface area contributed by atoms with Crippen LogP contribution in [0.1, 0.15) is 30.6 Å². The van der Waals surface area contributed by atoms with Crippen molar-refractivity contribution >= 4 is 17.8 Å². The molecule has 0 aliphatic heterocycles. The number of carboxylic acid groups (broad SMARTS) is 1. The first-order chi connectivity index (χ1) is 11.7. The fourth-order valence-corrected chi connectivity index (χ4v) is 2.05. The van der Waals surface area contributed by atoms with Gasteiger partial charge in [0, 0.05) is 0 Å². The highest BCUT2D eigenvalue weighted by Crippen LogP contribution is 2.19. The molecule has 2 amide bonds. The minimum atomic E-state index is -3.09. The van der Waals surface area contributed by atoms with E-state index in [1.165, 1.54) is 24.3 Å². The number of carboxylic acids is 1. The average molecular weight is 358 g/mol. The second kappa shape index (κ2) is 9.55. The van der Waals surface area contributed by atoms with Gasteiger partial charge in [-0.2, -0.15) is 8.78 Å². The Kier molecular flexibility index (Phi) is 7.77. The quantitative estimate of drug-likeness (QED) is 0.622. The molecular weight excluding hydrogens is 338 g/mol. The number of hydrogen-bond donors (Lipinski definition) is 3. The number of amides is 2. The molecule has 25 heavy (non-hydrogen) atoms. The molecule has 138 valence electrons. The van der Waals surface area contributed by atoms with Gasteiger partial charge in [-0.1, -0.05) is 26.0 Å². The van der Waals surface area contributed by atoms with E-state index in [9.17, 15) is 23.2 Å². The van der Waals surface area contributed by atoms with Crippen molar-refractivity contribution in [2.24, 2.45) is 5.92 Å². The molecule has 0 heterocycles. The predicted molar refractivity (Wildman–Crippen MR) is 84.4 cm³/mol. The van der Waals surface area contributed by atoms with Crippen LogP contribution in [0.3, 0.4) is 0 Å². The molecule has 1 aromatic rings. The molecule has 0 aliphatic carbocycles. The number of ether oxygens (including phenoxy) is 1. The van der Waals surface area contributed by atoms with E-state index < -0.39 is 37.0 Å². The Balaban J connectivity index is 2.64. The first-order valence-corrected chi connectivity index (χ1v) is 7.55. The van der Waals surface area contributed by atoms with Gasteiger partial charge < -0.3 is 20.5 Å². The molecule has 3 N–H and O–H groups in total. The highest BCUT2D eigenvalue weighted by atomic mass is 19.3. The zero-order valence-corrected chi connectivity index (χ0v) is 13.8. The zero-order valence-electron chi connectivity index (χ0n) is 13.8. The molecule has 0 bridgehead atoms. The summed E-state index contributed by atoms with van der Waals surface area (Å²) in [5, 5.41) is 13.6. The van der Waals surface area contributed by atoms with E-state index in [-0.39, 0.29) is 23.7 Å². The van der Waals surface area contributed by atoms with Gasteiger partial charge in [-0.3, -0.25) is 9.59 Å². The average Bonchev–Trinajstić information content (AvgIpc) is 2.51. The number of benzene rings is 1. The minimum absolute atomic E-state index is 0.0503. The van der Waals surface area contributed by atoms with Crippen LogP contribution in [-0.4, -0.2) is 42.1 Å². The molecule has 1 atom stereocenters. The van der Waals surface area contributed by atoms with Gasteiger partial charge in [0.1, 0.15) is 11.8 Å². The van der Waals surface area contributed by atoms with Crippen molar-refractivity contribution in [3.8, 4) is 5.75 Å². The maximum absolute atomic E-state index is 12.3. The van der Waals surface area contributed by atoms with Crippen LogP contribution in [-0.2, 0) is 9.59 Å². The molecule has 1 aromatic carbocycles. The van der Waals surface area contributed by atoms with Crippen LogP contribution in [0.15, 0.2) is 24.3 Å². The van der Waals surface area contributed by atoms with Crippen molar-refractivity contribution in [1.29, 1.82) is 0 Å². The van der Waals surface area contributed by atoms with E-state index in [1.54, 1.807) is 0 Å². The molecule has 0 unspecified atom stereocenters. The van der Waals surface area contributed by atoms with Gasteiger partial charge in [0.15, 0.2) is 0 Å². The van der Waals surface area contributed by atoms with Crippen LogP contribution < -0.4 is 15.4 Å². The predicted octanol–water partition coefficient (Wildman–Crippen LogP) is 1.63. The molecule has 0 spiro atoms. The fraction of sp³-hybridized carbons (Fsp3) is 0.438. The third-order valence-corrected chi connectivity index (χ3v) is 3.10. The summed E-state index contributed by atoms with van der Waals surface area (Å²) in [6.45, 7) is 0.0294. The highest BCUT2D eigenvalue weighted by Gasteiger charge is 2.22. The van der Waals surface area contributed by atoms with E-state index in [2.05, 4.69) is 15.4 Å². The van der Waals surface area contributed by atoms with Gasteiger partial charge >= 0.3 is 12.6 Å². The Morgan fingerprint density at radius 3 is 2.40 bits per heavy atom. The topological polar surface area (TPSA) is 105 Å². The van der Waals surface area contributed by atoms with Crippen molar-refractivity contribution in [3.05, 3.63) is 29.8 Å². The summed E-state index contributed by atoms with van der Waals surface area (Å²) in [7, 11) is 0. The smallest absolute Gasteiger partial charge is 0.387 e. The lowest BCUT2D eigenvalue weighted by Crippen LogP contribution is -2.46. The molecule has 0 fully saturated rings. The van der Waals surface area contributed by atoms with Crippen molar-refractivity contribution < 1.29 is 33.0 Å². The Morgan fingerprint density at radius 1 is 1.20 bits per heavy atom. The summed E-state index contributed by atoms with van der Waals surface area (Å²) < 4.78 is 28.9. The summed E-state index contributed by atoms with van der Waals surface area (Å²) >= 11 is 0. The van der Waals surface area contributed by atoms with Crippen LogP contribution in [0.2, 0.25) is 0 Å². The number of rotatable bonds is 9. The lowest BCUT2D eigenvalue weighted by atomic mass is 10.0. The van der Waals surface area contributed by atoms with Gasteiger partial charge in [-0.25, -0.2) is 4.79 Å². The summed E-state index contributed by atoms with van der Waals surface area (Å²) in [6.07, 6.45) is 0.236. The van der Waals surface area contributed by atoms with Gasteiger partial charge in [0.2, 0.25) is 5.91 Å².